The van der Waals surface area contributed by atoms with Crippen LogP contribution in [0.25, 0.3) is 22.0 Å². The van der Waals surface area contributed by atoms with Crippen LogP contribution < -0.4 is 4.74 Å². The molecule has 0 fully saturated rings. The van der Waals surface area contributed by atoms with Gasteiger partial charge in [-0.1, -0.05) is 15.9 Å². The van der Waals surface area contributed by atoms with Gasteiger partial charge in [-0.2, -0.15) is 0 Å². The van der Waals surface area contributed by atoms with Crippen molar-refractivity contribution in [2.75, 3.05) is 6.61 Å². The molecule has 0 saturated carbocycles. The molecule has 8 heteroatoms. The molecular weight excluding hydrogens is 414 g/mol. The number of aromatic nitrogens is 3. The second-order valence-electron chi connectivity index (χ2n) is 5.82. The molecule has 3 rings (SSSR count). The number of hydrogen-bond donors (Lipinski definition) is 0. The second-order valence-corrected chi connectivity index (χ2v) is 6.38. The minimum atomic E-state index is -0.457. The number of carbonyl (C=O) groups excluding carboxylic acids is 2. The zero-order valence-electron chi connectivity index (χ0n) is 15.2. The van der Waals surface area contributed by atoms with Crippen LogP contribution in [0.15, 0.2) is 30.9 Å². The summed E-state index contributed by atoms with van der Waals surface area (Å²) in [6.45, 7) is 3.36. The maximum Gasteiger partial charge on any atom is 0.340 e. The number of rotatable bonds is 5. The van der Waals surface area contributed by atoms with Gasteiger partial charge in [0, 0.05) is 59.4 Å². The molecular formula is C19H18BrN3O4. The number of aryl methyl sites for hydroxylation is 1. The van der Waals surface area contributed by atoms with Crippen LogP contribution in [0.2, 0.25) is 0 Å². The van der Waals surface area contributed by atoms with Gasteiger partial charge in [0.2, 0.25) is 0 Å². The van der Waals surface area contributed by atoms with Gasteiger partial charge in [0.15, 0.2) is 0 Å². The van der Waals surface area contributed by atoms with Crippen molar-refractivity contribution >= 4 is 38.8 Å². The topological polar surface area (TPSA) is 83.3 Å². The summed E-state index contributed by atoms with van der Waals surface area (Å²) in [5.41, 5.74) is 3.40. The average molecular weight is 432 g/mol. The van der Waals surface area contributed by atoms with E-state index in [2.05, 4.69) is 25.9 Å². The molecule has 2 aromatic heterocycles. The molecule has 7 nitrogen and oxygen atoms in total. The number of esters is 2. The molecule has 0 radical (unpaired) electrons. The highest BCUT2D eigenvalue weighted by atomic mass is 79.9. The van der Waals surface area contributed by atoms with Crippen LogP contribution in [0.4, 0.5) is 0 Å². The fourth-order valence-corrected chi connectivity index (χ4v) is 3.66. The molecule has 0 aliphatic heterocycles. The largest absolute Gasteiger partial charge is 0.462 e. The van der Waals surface area contributed by atoms with E-state index in [1.54, 1.807) is 25.4 Å². The van der Waals surface area contributed by atoms with Crippen molar-refractivity contribution in [3.63, 3.8) is 0 Å². The number of carbonyl (C=O) groups is 2. The van der Waals surface area contributed by atoms with Gasteiger partial charge in [0.05, 0.1) is 12.2 Å². The van der Waals surface area contributed by atoms with Gasteiger partial charge in [-0.05, 0) is 19.1 Å². The summed E-state index contributed by atoms with van der Waals surface area (Å²) in [5.74, 6) is -0.536. The van der Waals surface area contributed by atoms with Crippen LogP contribution in [0.3, 0.4) is 0 Å². The Morgan fingerprint density at radius 3 is 2.52 bits per heavy atom. The third-order valence-corrected chi connectivity index (χ3v) is 4.68. The fourth-order valence-electron chi connectivity index (χ4n) is 3.01. The van der Waals surface area contributed by atoms with Gasteiger partial charge in [0.1, 0.15) is 12.1 Å². The summed E-state index contributed by atoms with van der Waals surface area (Å²) in [5, 5.41) is 1.13. The highest BCUT2D eigenvalue weighted by Crippen LogP contribution is 2.38. The van der Waals surface area contributed by atoms with Crippen LogP contribution in [-0.4, -0.2) is 33.1 Å². The van der Waals surface area contributed by atoms with Gasteiger partial charge >= 0.3 is 11.9 Å². The maximum absolute atomic E-state index is 12.6. The van der Waals surface area contributed by atoms with Crippen molar-refractivity contribution in [2.24, 2.45) is 7.05 Å². The van der Waals surface area contributed by atoms with Gasteiger partial charge in [0.25, 0.3) is 0 Å². The van der Waals surface area contributed by atoms with E-state index in [0.29, 0.717) is 33.2 Å². The number of nitrogens with zero attached hydrogens (tertiary/aromatic N) is 3. The second kappa shape index (κ2) is 7.87. The van der Waals surface area contributed by atoms with E-state index >= 15 is 0 Å². The molecule has 0 atom stereocenters. The number of fused-ring (bicyclic) bond motifs is 1. The number of alkyl halides is 1. The molecule has 140 valence electrons. The van der Waals surface area contributed by atoms with Crippen molar-refractivity contribution < 1.29 is 19.1 Å². The predicted molar refractivity (Wildman–Crippen MR) is 104 cm³/mol. The lowest BCUT2D eigenvalue weighted by Gasteiger charge is -2.10. The Kier molecular flexibility index (Phi) is 5.55. The minimum absolute atomic E-state index is 0.271. The SMILES string of the molecule is CCOC(=O)c1c(CBr)n(C)c2cc(-c3cncnc3)c(OC(C)=O)cc12. The van der Waals surface area contributed by atoms with Gasteiger partial charge < -0.3 is 14.0 Å². The normalized spacial score (nSPS) is 10.8. The van der Waals surface area contributed by atoms with Crippen molar-refractivity contribution in [1.29, 1.82) is 0 Å². The molecule has 0 spiro atoms. The number of ether oxygens (including phenoxy) is 2. The lowest BCUT2D eigenvalue weighted by molar-refractivity contribution is -0.131. The van der Waals surface area contributed by atoms with Crippen LogP contribution >= 0.6 is 15.9 Å². The maximum atomic E-state index is 12.6. The molecule has 2 heterocycles. The van der Waals surface area contributed by atoms with Gasteiger partial charge in [-0.3, -0.25) is 4.79 Å². The molecule has 0 bridgehead atoms. The number of benzene rings is 1. The Balaban J connectivity index is 2.34. The van der Waals surface area contributed by atoms with E-state index in [-0.39, 0.29) is 6.61 Å². The molecule has 0 unspecified atom stereocenters. The summed E-state index contributed by atoms with van der Waals surface area (Å²) >= 11 is 3.44. The molecule has 27 heavy (non-hydrogen) atoms. The van der Waals surface area contributed by atoms with Crippen molar-refractivity contribution in [3.05, 3.63) is 42.1 Å². The highest BCUT2D eigenvalue weighted by Gasteiger charge is 2.24. The third-order valence-electron chi connectivity index (χ3n) is 4.15. The molecule has 0 aliphatic carbocycles. The van der Waals surface area contributed by atoms with Crippen LogP contribution in [0, 0.1) is 0 Å². The third kappa shape index (κ3) is 3.57. The molecule has 0 amide bonds. The van der Waals surface area contributed by atoms with E-state index in [9.17, 15) is 9.59 Å². The van der Waals surface area contributed by atoms with Crippen LogP contribution in [0.1, 0.15) is 29.9 Å². The first-order valence-electron chi connectivity index (χ1n) is 8.30. The van der Waals surface area contributed by atoms with Crippen molar-refractivity contribution in [2.45, 2.75) is 19.2 Å². The minimum Gasteiger partial charge on any atom is -0.462 e. The van der Waals surface area contributed by atoms with E-state index in [4.69, 9.17) is 9.47 Å². The predicted octanol–water partition coefficient (Wildman–Crippen LogP) is 3.63. The Morgan fingerprint density at radius 2 is 1.93 bits per heavy atom. The lowest BCUT2D eigenvalue weighted by Crippen LogP contribution is -2.08. The van der Waals surface area contributed by atoms with Crippen molar-refractivity contribution in [3.8, 4) is 16.9 Å². The summed E-state index contributed by atoms with van der Waals surface area (Å²) < 4.78 is 12.6. The summed E-state index contributed by atoms with van der Waals surface area (Å²) in [6.07, 6.45) is 4.71. The first-order valence-corrected chi connectivity index (χ1v) is 9.42. The smallest absolute Gasteiger partial charge is 0.340 e. The Bertz CT molecular complexity index is 1010. The van der Waals surface area contributed by atoms with Crippen LogP contribution in [-0.2, 0) is 21.9 Å². The summed E-state index contributed by atoms with van der Waals surface area (Å²) in [6, 6.07) is 3.55. The number of hydrogen-bond acceptors (Lipinski definition) is 6. The van der Waals surface area contributed by atoms with E-state index < -0.39 is 11.9 Å². The summed E-state index contributed by atoms with van der Waals surface area (Å²) in [4.78, 5) is 32.3. The van der Waals surface area contributed by atoms with Gasteiger partial charge in [-0.25, -0.2) is 14.8 Å². The monoisotopic (exact) mass is 431 g/mol. The lowest BCUT2D eigenvalue weighted by atomic mass is 10.0. The first kappa shape index (κ1) is 19.0. The highest BCUT2D eigenvalue weighted by molar-refractivity contribution is 9.08. The Labute approximate surface area is 164 Å². The quantitative estimate of drug-likeness (QED) is 0.348. The zero-order valence-corrected chi connectivity index (χ0v) is 16.7. The first-order chi connectivity index (χ1) is 13.0. The van der Waals surface area contributed by atoms with E-state index in [1.807, 2.05) is 17.7 Å². The molecule has 0 saturated heterocycles. The van der Waals surface area contributed by atoms with E-state index in [0.717, 1.165) is 11.2 Å². The Hall–Kier alpha value is -2.74. The number of halogens is 1. The van der Waals surface area contributed by atoms with Crippen molar-refractivity contribution in [1.82, 2.24) is 14.5 Å². The van der Waals surface area contributed by atoms with Gasteiger partial charge in [-0.15, -0.1) is 0 Å². The standard InChI is InChI=1S/C19H18BrN3O4/c1-4-26-19(25)18-14-6-17(27-11(2)24)13(12-8-21-10-22-9-12)5-15(14)23(3)16(18)7-20/h5-6,8-10H,4,7H2,1-3H3. The molecule has 3 aromatic rings. The average Bonchev–Trinajstić information content (AvgIpc) is 2.92. The van der Waals surface area contributed by atoms with E-state index in [1.165, 1.54) is 13.3 Å². The molecule has 0 aliphatic rings. The summed E-state index contributed by atoms with van der Waals surface area (Å²) in [7, 11) is 1.87. The fraction of sp³-hybridized carbons (Fsp3) is 0.263. The zero-order chi connectivity index (χ0) is 19.6. The van der Waals surface area contributed by atoms with Crippen LogP contribution in [0.5, 0.6) is 5.75 Å². The molecule has 1 aromatic carbocycles. The molecule has 0 N–H and O–H groups in total. The Morgan fingerprint density at radius 1 is 1.22 bits per heavy atom.